The number of alkyl halides is 2. The molecule has 4 nitrogen and oxygen atoms in total. The fourth-order valence-electron chi connectivity index (χ4n) is 1.38. The second-order valence-corrected chi connectivity index (χ2v) is 4.60. The number of hydrogen-bond acceptors (Lipinski definition) is 3. The summed E-state index contributed by atoms with van der Waals surface area (Å²) in [5.74, 6) is -2.50. The number of halogens is 3. The first-order chi connectivity index (χ1) is 8.49. The minimum atomic E-state index is -2.99. The van der Waals surface area contributed by atoms with E-state index in [1.54, 1.807) is 24.3 Å². The van der Waals surface area contributed by atoms with Crippen LogP contribution in [-0.2, 0) is 0 Å². The molecule has 0 aliphatic rings. The molecule has 0 unspecified atom stereocenters. The molecule has 0 aliphatic heterocycles. The number of carbonyl (C=O) groups is 1. The van der Waals surface area contributed by atoms with E-state index < -0.39 is 23.8 Å². The highest BCUT2D eigenvalue weighted by atomic mass is 127. The highest BCUT2D eigenvalue weighted by Crippen LogP contribution is 2.28. The molecule has 0 radical (unpaired) electrons. The van der Waals surface area contributed by atoms with Crippen LogP contribution in [0.3, 0.4) is 0 Å². The van der Waals surface area contributed by atoms with E-state index in [1.807, 2.05) is 22.6 Å². The van der Waals surface area contributed by atoms with E-state index in [-0.39, 0.29) is 5.89 Å². The summed E-state index contributed by atoms with van der Waals surface area (Å²) in [5, 5.41) is 8.76. The van der Waals surface area contributed by atoms with Crippen LogP contribution in [-0.4, -0.2) is 16.1 Å². The SMILES string of the molecule is O=C(O)c1oc(-c2cccc(I)c2)nc1C(F)F. The number of benzene rings is 1. The predicted molar refractivity (Wildman–Crippen MR) is 66.6 cm³/mol. The molecular formula is C11H6F2INO3. The fraction of sp³-hybridized carbons (Fsp3) is 0.0909. The number of oxazole rings is 1. The topological polar surface area (TPSA) is 63.3 Å². The summed E-state index contributed by atoms with van der Waals surface area (Å²) in [6.07, 6.45) is -2.99. The minimum Gasteiger partial charge on any atom is -0.475 e. The number of aromatic carboxylic acids is 1. The van der Waals surface area contributed by atoms with E-state index in [0.717, 1.165) is 3.57 Å². The number of carboxylic acids is 1. The van der Waals surface area contributed by atoms with Gasteiger partial charge in [0.25, 0.3) is 6.43 Å². The van der Waals surface area contributed by atoms with E-state index in [1.165, 1.54) is 0 Å². The Morgan fingerprint density at radius 3 is 2.67 bits per heavy atom. The molecule has 2 aromatic rings. The van der Waals surface area contributed by atoms with Gasteiger partial charge in [0.15, 0.2) is 5.69 Å². The van der Waals surface area contributed by atoms with Crippen LogP contribution in [0.2, 0.25) is 0 Å². The molecule has 0 aliphatic carbocycles. The normalized spacial score (nSPS) is 10.9. The first-order valence-electron chi connectivity index (χ1n) is 4.77. The van der Waals surface area contributed by atoms with Gasteiger partial charge in [-0.2, -0.15) is 0 Å². The Morgan fingerprint density at radius 1 is 1.44 bits per heavy atom. The lowest BCUT2D eigenvalue weighted by Gasteiger charge is -1.95. The quantitative estimate of drug-likeness (QED) is 0.845. The first kappa shape index (κ1) is 12.9. The van der Waals surface area contributed by atoms with Crippen molar-refractivity contribution in [2.75, 3.05) is 0 Å². The zero-order valence-corrected chi connectivity index (χ0v) is 10.9. The average molecular weight is 365 g/mol. The molecule has 2 rings (SSSR count). The molecule has 0 amide bonds. The van der Waals surface area contributed by atoms with E-state index in [2.05, 4.69) is 4.98 Å². The number of hydrogen-bond donors (Lipinski definition) is 1. The van der Waals surface area contributed by atoms with Gasteiger partial charge in [-0.3, -0.25) is 0 Å². The van der Waals surface area contributed by atoms with Crippen molar-refractivity contribution in [2.45, 2.75) is 6.43 Å². The van der Waals surface area contributed by atoms with Gasteiger partial charge in [-0.25, -0.2) is 18.6 Å². The zero-order chi connectivity index (χ0) is 13.3. The van der Waals surface area contributed by atoms with Crippen molar-refractivity contribution in [3.63, 3.8) is 0 Å². The second kappa shape index (κ2) is 5.01. The monoisotopic (exact) mass is 365 g/mol. The summed E-state index contributed by atoms with van der Waals surface area (Å²) >= 11 is 2.04. The molecule has 0 bridgehead atoms. The maximum Gasteiger partial charge on any atom is 0.374 e. The molecule has 1 aromatic carbocycles. The lowest BCUT2D eigenvalue weighted by molar-refractivity contribution is 0.0647. The molecule has 0 atom stereocenters. The zero-order valence-electron chi connectivity index (χ0n) is 8.73. The van der Waals surface area contributed by atoms with Crippen molar-refractivity contribution in [2.24, 2.45) is 0 Å². The standard InChI is InChI=1S/C11H6F2INO3/c12-9(13)7-8(11(16)17)18-10(15-7)5-2-1-3-6(14)4-5/h1-4,9H,(H,16,17). The van der Waals surface area contributed by atoms with Crippen LogP contribution in [0.15, 0.2) is 28.7 Å². The van der Waals surface area contributed by atoms with Gasteiger partial charge in [-0.05, 0) is 40.8 Å². The highest BCUT2D eigenvalue weighted by molar-refractivity contribution is 14.1. The van der Waals surface area contributed by atoms with Crippen molar-refractivity contribution in [1.82, 2.24) is 4.98 Å². The van der Waals surface area contributed by atoms with Gasteiger partial charge in [0.1, 0.15) is 0 Å². The van der Waals surface area contributed by atoms with Crippen molar-refractivity contribution < 1.29 is 23.1 Å². The van der Waals surface area contributed by atoms with Gasteiger partial charge in [-0.1, -0.05) is 6.07 Å². The molecule has 94 valence electrons. The van der Waals surface area contributed by atoms with Crippen LogP contribution >= 0.6 is 22.6 Å². The van der Waals surface area contributed by atoms with E-state index >= 15 is 0 Å². The number of nitrogens with zero attached hydrogens (tertiary/aromatic N) is 1. The summed E-state index contributed by atoms with van der Waals surface area (Å²) in [7, 11) is 0. The third-order valence-corrected chi connectivity index (χ3v) is 2.80. The largest absolute Gasteiger partial charge is 0.475 e. The van der Waals surface area contributed by atoms with Crippen molar-refractivity contribution >= 4 is 28.6 Å². The molecule has 0 spiro atoms. The molecule has 0 saturated heterocycles. The van der Waals surface area contributed by atoms with Crippen LogP contribution in [0.4, 0.5) is 8.78 Å². The maximum atomic E-state index is 12.6. The molecule has 1 heterocycles. The summed E-state index contributed by atoms with van der Waals surface area (Å²) in [4.78, 5) is 14.3. The smallest absolute Gasteiger partial charge is 0.374 e. The van der Waals surface area contributed by atoms with Gasteiger partial charge in [0.05, 0.1) is 0 Å². The van der Waals surface area contributed by atoms with Crippen LogP contribution in [0.1, 0.15) is 22.7 Å². The lowest BCUT2D eigenvalue weighted by Crippen LogP contribution is -1.99. The fourth-order valence-corrected chi connectivity index (χ4v) is 1.92. The predicted octanol–water partition coefficient (Wildman–Crippen LogP) is 3.58. The Bertz CT molecular complexity index is 598. The van der Waals surface area contributed by atoms with Crippen LogP contribution in [0.25, 0.3) is 11.5 Å². The third kappa shape index (κ3) is 2.50. The second-order valence-electron chi connectivity index (χ2n) is 3.35. The molecule has 0 saturated carbocycles. The summed E-state index contributed by atoms with van der Waals surface area (Å²) in [5.41, 5.74) is -0.396. The van der Waals surface area contributed by atoms with Gasteiger partial charge in [0.2, 0.25) is 11.7 Å². The van der Waals surface area contributed by atoms with Gasteiger partial charge < -0.3 is 9.52 Å². The number of rotatable bonds is 3. The molecule has 1 aromatic heterocycles. The van der Waals surface area contributed by atoms with Crippen LogP contribution in [0.5, 0.6) is 0 Å². The van der Waals surface area contributed by atoms with Crippen LogP contribution in [0, 0.1) is 3.57 Å². The summed E-state index contributed by atoms with van der Waals surface area (Å²) < 4.78 is 31.0. The molecule has 1 N–H and O–H groups in total. The Labute approximate surface area is 114 Å². The van der Waals surface area contributed by atoms with Crippen LogP contribution < -0.4 is 0 Å². The number of aromatic nitrogens is 1. The van der Waals surface area contributed by atoms with E-state index in [9.17, 15) is 13.6 Å². The Balaban J connectivity index is 2.53. The third-order valence-electron chi connectivity index (χ3n) is 2.13. The van der Waals surface area contributed by atoms with Crippen molar-refractivity contribution in [3.8, 4) is 11.5 Å². The lowest BCUT2D eigenvalue weighted by atomic mass is 10.2. The van der Waals surface area contributed by atoms with E-state index in [4.69, 9.17) is 9.52 Å². The summed E-state index contributed by atoms with van der Waals surface area (Å²) in [6, 6.07) is 6.77. The summed E-state index contributed by atoms with van der Waals surface area (Å²) in [6.45, 7) is 0. The van der Waals surface area contributed by atoms with Crippen molar-refractivity contribution in [1.29, 1.82) is 0 Å². The highest BCUT2D eigenvalue weighted by Gasteiger charge is 2.26. The molecule has 0 fully saturated rings. The molecule has 7 heteroatoms. The molecular weight excluding hydrogens is 359 g/mol. The van der Waals surface area contributed by atoms with E-state index in [0.29, 0.717) is 5.56 Å². The Kier molecular flexibility index (Phi) is 3.60. The average Bonchev–Trinajstić information content (AvgIpc) is 2.73. The van der Waals surface area contributed by atoms with Crippen molar-refractivity contribution in [3.05, 3.63) is 39.3 Å². The number of carboxylic acid groups (broad SMARTS) is 1. The maximum absolute atomic E-state index is 12.6. The first-order valence-corrected chi connectivity index (χ1v) is 5.85. The van der Waals surface area contributed by atoms with Gasteiger partial charge >= 0.3 is 5.97 Å². The van der Waals surface area contributed by atoms with Gasteiger partial charge in [-0.15, -0.1) is 0 Å². The van der Waals surface area contributed by atoms with Gasteiger partial charge in [0, 0.05) is 9.13 Å². The Morgan fingerprint density at radius 2 is 2.17 bits per heavy atom. The molecule has 18 heavy (non-hydrogen) atoms. The Hall–Kier alpha value is -1.51. The minimum absolute atomic E-state index is 0.124.